The molecule has 3 amide bonds. The van der Waals surface area contributed by atoms with Crippen molar-refractivity contribution < 1.29 is 22.7 Å². The van der Waals surface area contributed by atoms with Crippen LogP contribution >= 0.6 is 11.6 Å². The monoisotopic (exact) mass is 494 g/mol. The van der Waals surface area contributed by atoms with Crippen molar-refractivity contribution in [3.05, 3.63) is 59.1 Å². The number of urea groups is 1. The molecule has 0 bridgehead atoms. The minimum Gasteiger partial charge on any atom is -0.383 e. The van der Waals surface area contributed by atoms with Crippen LogP contribution in [-0.2, 0) is 14.8 Å². The van der Waals surface area contributed by atoms with Crippen LogP contribution in [0.5, 0.6) is 0 Å². The fourth-order valence-corrected chi connectivity index (χ4v) is 4.52. The standard InChI is InChI=1S/C22H27ClN4O5S/c1-32-16-11-24-33(30,31)20-9-3-17(4-10-20)21(28)26-12-2-13-27(15-14-26)22(29)25-19-7-5-18(23)6-8-19/h3-10,24H,2,11-16H2,1H3,(H,25,29). The quantitative estimate of drug-likeness (QED) is 0.575. The maximum Gasteiger partial charge on any atom is 0.321 e. The van der Waals surface area contributed by atoms with Crippen molar-refractivity contribution >= 4 is 39.2 Å². The van der Waals surface area contributed by atoms with Gasteiger partial charge in [-0.3, -0.25) is 4.79 Å². The molecule has 0 aliphatic carbocycles. The lowest BCUT2D eigenvalue weighted by molar-refractivity contribution is 0.0762. The van der Waals surface area contributed by atoms with Crippen molar-refractivity contribution in [2.24, 2.45) is 0 Å². The van der Waals surface area contributed by atoms with Gasteiger partial charge in [0.25, 0.3) is 5.91 Å². The fourth-order valence-electron chi connectivity index (χ4n) is 3.38. The maximum atomic E-state index is 12.9. The molecular formula is C22H27ClN4O5S. The van der Waals surface area contributed by atoms with Gasteiger partial charge >= 0.3 is 6.03 Å². The first-order valence-corrected chi connectivity index (χ1v) is 12.4. The number of amides is 3. The van der Waals surface area contributed by atoms with Crippen molar-refractivity contribution in [1.29, 1.82) is 0 Å². The second kappa shape index (κ2) is 11.5. The SMILES string of the molecule is COCCNS(=O)(=O)c1ccc(C(=O)N2CCCN(C(=O)Nc3ccc(Cl)cc3)CC2)cc1. The van der Waals surface area contributed by atoms with Crippen molar-refractivity contribution in [2.45, 2.75) is 11.3 Å². The molecular weight excluding hydrogens is 468 g/mol. The summed E-state index contributed by atoms with van der Waals surface area (Å²) in [6.07, 6.45) is 0.635. The lowest BCUT2D eigenvalue weighted by Gasteiger charge is -2.22. The number of ether oxygens (including phenoxy) is 1. The van der Waals surface area contributed by atoms with Crippen LogP contribution in [0.4, 0.5) is 10.5 Å². The number of rotatable bonds is 7. The van der Waals surface area contributed by atoms with E-state index in [4.69, 9.17) is 16.3 Å². The molecule has 11 heteroatoms. The molecule has 178 valence electrons. The number of methoxy groups -OCH3 is 1. The average Bonchev–Trinajstić information content (AvgIpc) is 3.07. The van der Waals surface area contributed by atoms with Crippen LogP contribution in [0.1, 0.15) is 16.8 Å². The number of nitrogens with one attached hydrogen (secondary N) is 2. The van der Waals surface area contributed by atoms with E-state index in [0.717, 1.165) is 0 Å². The van der Waals surface area contributed by atoms with Crippen LogP contribution in [0.25, 0.3) is 0 Å². The van der Waals surface area contributed by atoms with E-state index in [1.54, 1.807) is 34.1 Å². The summed E-state index contributed by atoms with van der Waals surface area (Å²) in [5.74, 6) is -0.203. The van der Waals surface area contributed by atoms with E-state index < -0.39 is 10.0 Å². The van der Waals surface area contributed by atoms with Gasteiger partial charge in [-0.2, -0.15) is 0 Å². The Bertz CT molecular complexity index is 1060. The predicted molar refractivity (Wildman–Crippen MR) is 126 cm³/mol. The summed E-state index contributed by atoms with van der Waals surface area (Å²) in [7, 11) is -2.18. The third-order valence-electron chi connectivity index (χ3n) is 5.18. The first-order chi connectivity index (χ1) is 15.8. The normalized spacial score (nSPS) is 14.6. The van der Waals surface area contributed by atoms with Crippen LogP contribution in [0, 0.1) is 0 Å². The Morgan fingerprint density at radius 2 is 1.61 bits per heavy atom. The topological polar surface area (TPSA) is 108 Å². The zero-order valence-electron chi connectivity index (χ0n) is 18.3. The molecule has 2 aromatic carbocycles. The molecule has 9 nitrogen and oxygen atoms in total. The Morgan fingerprint density at radius 3 is 2.27 bits per heavy atom. The molecule has 1 fully saturated rings. The van der Waals surface area contributed by atoms with Gasteiger partial charge in [-0.05, 0) is 55.0 Å². The summed E-state index contributed by atoms with van der Waals surface area (Å²) in [5.41, 5.74) is 1.04. The number of nitrogens with zero attached hydrogens (tertiary/aromatic N) is 2. The van der Waals surface area contributed by atoms with Gasteiger partial charge < -0.3 is 19.9 Å². The Kier molecular flexibility index (Phi) is 8.67. The molecule has 1 saturated heterocycles. The van der Waals surface area contributed by atoms with Gasteiger partial charge in [-0.15, -0.1) is 0 Å². The number of hydrogen-bond acceptors (Lipinski definition) is 5. The minimum atomic E-state index is -3.66. The van der Waals surface area contributed by atoms with Crippen molar-refractivity contribution in [1.82, 2.24) is 14.5 Å². The first kappa shape index (κ1) is 25.0. The van der Waals surface area contributed by atoms with Gasteiger partial charge in [0.1, 0.15) is 0 Å². The zero-order valence-corrected chi connectivity index (χ0v) is 19.9. The van der Waals surface area contributed by atoms with Crippen molar-refractivity contribution in [3.63, 3.8) is 0 Å². The number of benzene rings is 2. The average molecular weight is 495 g/mol. The fraction of sp³-hybridized carbons (Fsp3) is 0.364. The molecule has 0 saturated carbocycles. The maximum absolute atomic E-state index is 12.9. The number of carbonyl (C=O) groups excluding carboxylic acids is 2. The van der Waals surface area contributed by atoms with Crippen LogP contribution in [0.3, 0.4) is 0 Å². The number of hydrogen-bond donors (Lipinski definition) is 2. The molecule has 1 heterocycles. The molecule has 2 N–H and O–H groups in total. The van der Waals surface area contributed by atoms with Gasteiger partial charge in [0.05, 0.1) is 11.5 Å². The summed E-state index contributed by atoms with van der Waals surface area (Å²) in [6, 6.07) is 12.4. The second-order valence-electron chi connectivity index (χ2n) is 7.48. The minimum absolute atomic E-state index is 0.0797. The van der Waals surface area contributed by atoms with Gasteiger partial charge in [-0.1, -0.05) is 11.6 Å². The lowest BCUT2D eigenvalue weighted by Crippen LogP contribution is -2.39. The van der Waals surface area contributed by atoms with Gasteiger partial charge in [0.2, 0.25) is 10.0 Å². The Morgan fingerprint density at radius 1 is 0.970 bits per heavy atom. The molecule has 0 spiro atoms. The molecule has 33 heavy (non-hydrogen) atoms. The van der Waals surface area contributed by atoms with E-state index in [1.807, 2.05) is 0 Å². The van der Waals surface area contributed by atoms with E-state index in [0.29, 0.717) is 48.9 Å². The van der Waals surface area contributed by atoms with Crippen LogP contribution in [0.15, 0.2) is 53.4 Å². The van der Waals surface area contributed by atoms with Crippen molar-refractivity contribution in [3.8, 4) is 0 Å². The number of sulfonamides is 1. The third-order valence-corrected chi connectivity index (χ3v) is 6.90. The Balaban J connectivity index is 1.57. The summed E-state index contributed by atoms with van der Waals surface area (Å²) in [4.78, 5) is 28.9. The van der Waals surface area contributed by atoms with Gasteiger partial charge in [0.15, 0.2) is 0 Å². The highest BCUT2D eigenvalue weighted by atomic mass is 35.5. The number of halogens is 1. The molecule has 2 aromatic rings. The summed E-state index contributed by atoms with van der Waals surface area (Å²) in [5, 5.41) is 3.42. The van der Waals surface area contributed by atoms with E-state index in [-0.39, 0.29) is 30.0 Å². The largest absolute Gasteiger partial charge is 0.383 e. The Hall–Kier alpha value is -2.66. The summed E-state index contributed by atoms with van der Waals surface area (Å²) >= 11 is 5.87. The highest BCUT2D eigenvalue weighted by Gasteiger charge is 2.23. The van der Waals surface area contributed by atoms with E-state index in [1.165, 1.54) is 31.4 Å². The zero-order chi connectivity index (χ0) is 23.8. The van der Waals surface area contributed by atoms with E-state index in [2.05, 4.69) is 10.0 Å². The summed E-state index contributed by atoms with van der Waals surface area (Å²) < 4.78 is 31.8. The smallest absolute Gasteiger partial charge is 0.321 e. The van der Waals surface area contributed by atoms with Gasteiger partial charge in [-0.25, -0.2) is 17.9 Å². The van der Waals surface area contributed by atoms with E-state index >= 15 is 0 Å². The third kappa shape index (κ3) is 6.91. The molecule has 0 radical (unpaired) electrons. The predicted octanol–water partition coefficient (Wildman–Crippen LogP) is 2.64. The second-order valence-corrected chi connectivity index (χ2v) is 9.69. The van der Waals surface area contributed by atoms with Crippen molar-refractivity contribution in [2.75, 3.05) is 51.8 Å². The number of anilines is 1. The van der Waals surface area contributed by atoms with Crippen LogP contribution in [0.2, 0.25) is 5.02 Å². The molecule has 0 atom stereocenters. The van der Waals surface area contributed by atoms with Gasteiger partial charge in [0, 0.05) is 56.1 Å². The molecule has 1 aliphatic heterocycles. The van der Waals surface area contributed by atoms with E-state index in [9.17, 15) is 18.0 Å². The lowest BCUT2D eigenvalue weighted by atomic mass is 10.2. The van der Waals surface area contributed by atoms with Crippen LogP contribution < -0.4 is 10.0 Å². The molecule has 1 aliphatic rings. The first-order valence-electron chi connectivity index (χ1n) is 10.5. The highest BCUT2D eigenvalue weighted by molar-refractivity contribution is 7.89. The van der Waals surface area contributed by atoms with Crippen LogP contribution in [-0.4, -0.2) is 76.6 Å². The molecule has 3 rings (SSSR count). The summed E-state index contributed by atoms with van der Waals surface area (Å²) in [6.45, 7) is 2.22. The number of carbonyl (C=O) groups is 2. The highest BCUT2D eigenvalue weighted by Crippen LogP contribution is 2.16. The Labute approximate surface area is 198 Å². The molecule has 0 aromatic heterocycles. The molecule has 0 unspecified atom stereocenters.